The molecule has 1 heterocycles. The summed E-state index contributed by atoms with van der Waals surface area (Å²) in [5.41, 5.74) is 6.67. The van der Waals surface area contributed by atoms with E-state index in [1.165, 1.54) is 7.11 Å². The van der Waals surface area contributed by atoms with Gasteiger partial charge in [-0.3, -0.25) is 4.79 Å². The number of likely N-dealkylation sites (tertiary alicyclic amines) is 1. The molecule has 0 bridgehead atoms. The average molecular weight is 357 g/mol. The normalized spacial score (nSPS) is 14.7. The molecule has 1 fully saturated rings. The van der Waals surface area contributed by atoms with Crippen LogP contribution in [-0.2, 0) is 9.53 Å². The Morgan fingerprint density at radius 1 is 1.21 bits per heavy atom. The number of para-hydroxylation sites is 2. The van der Waals surface area contributed by atoms with Crippen molar-refractivity contribution in [2.45, 2.75) is 25.4 Å². The van der Waals surface area contributed by atoms with Crippen LogP contribution in [0.2, 0.25) is 0 Å². The van der Waals surface area contributed by atoms with Crippen LogP contribution in [0.5, 0.6) is 0 Å². The number of nitrogens with zero attached hydrogens (tertiary/aromatic N) is 1. The number of nitrogens with two attached hydrogens (primary N) is 1. The van der Waals surface area contributed by atoms with E-state index in [2.05, 4.69) is 10.6 Å². The van der Waals surface area contributed by atoms with E-state index < -0.39 is 0 Å². The molecule has 1 aliphatic rings. The van der Waals surface area contributed by atoms with Crippen molar-refractivity contribution in [1.82, 2.24) is 4.90 Å². The van der Waals surface area contributed by atoms with Crippen molar-refractivity contribution in [3.63, 3.8) is 0 Å². The Morgan fingerprint density at radius 2 is 1.79 bits per heavy atom. The third-order valence-electron chi connectivity index (χ3n) is 3.85. The highest BCUT2D eigenvalue weighted by Gasteiger charge is 2.19. The number of amides is 3. The lowest BCUT2D eigenvalue weighted by Crippen LogP contribution is -2.32. The fourth-order valence-electron chi connectivity index (χ4n) is 2.49. The third kappa shape index (κ3) is 5.67. The number of urea groups is 1. The summed E-state index contributed by atoms with van der Waals surface area (Å²) in [5, 5.41) is 5.65. The molecule has 0 radical (unpaired) electrons. The zero-order valence-electron chi connectivity index (χ0n) is 13.8. The Kier molecular flexibility index (Phi) is 8.53. The highest BCUT2D eigenvalue weighted by atomic mass is 35.5. The molecule has 134 valence electrons. The van der Waals surface area contributed by atoms with Crippen LogP contribution >= 0.6 is 12.4 Å². The maximum atomic E-state index is 12.2. The number of halogens is 1. The summed E-state index contributed by atoms with van der Waals surface area (Å²) >= 11 is 0. The van der Waals surface area contributed by atoms with Crippen molar-refractivity contribution in [2.24, 2.45) is 5.73 Å². The van der Waals surface area contributed by atoms with Crippen molar-refractivity contribution < 1.29 is 14.3 Å². The zero-order valence-corrected chi connectivity index (χ0v) is 14.6. The number of hydrogen-bond donors (Lipinski definition) is 3. The molecule has 0 saturated carbocycles. The van der Waals surface area contributed by atoms with Crippen molar-refractivity contribution in [2.75, 3.05) is 37.4 Å². The fourth-order valence-corrected chi connectivity index (χ4v) is 2.49. The molecule has 1 atom stereocenters. The highest BCUT2D eigenvalue weighted by Crippen LogP contribution is 2.22. The average Bonchev–Trinajstić information content (AvgIpc) is 3.09. The molecule has 1 aliphatic heterocycles. The van der Waals surface area contributed by atoms with E-state index in [0.29, 0.717) is 11.4 Å². The first-order valence-corrected chi connectivity index (χ1v) is 7.81. The van der Waals surface area contributed by atoms with Gasteiger partial charge in [-0.1, -0.05) is 12.1 Å². The third-order valence-corrected chi connectivity index (χ3v) is 3.85. The van der Waals surface area contributed by atoms with Gasteiger partial charge in [0.1, 0.15) is 0 Å². The molecule has 1 saturated heterocycles. The van der Waals surface area contributed by atoms with E-state index in [1.807, 2.05) is 6.07 Å². The quantitative estimate of drug-likeness (QED) is 0.726. The van der Waals surface area contributed by atoms with Crippen LogP contribution in [0.4, 0.5) is 16.2 Å². The predicted molar refractivity (Wildman–Crippen MR) is 96.6 cm³/mol. The zero-order chi connectivity index (χ0) is 16.7. The molecule has 1 aromatic carbocycles. The number of methoxy groups -OCH3 is 1. The van der Waals surface area contributed by atoms with Crippen LogP contribution in [0.1, 0.15) is 19.3 Å². The van der Waals surface area contributed by atoms with Gasteiger partial charge in [-0.15, -0.1) is 12.4 Å². The summed E-state index contributed by atoms with van der Waals surface area (Å²) in [7, 11) is 1.52. The predicted octanol–water partition coefficient (Wildman–Crippen LogP) is 2.04. The molecule has 4 N–H and O–H groups in total. The van der Waals surface area contributed by atoms with Gasteiger partial charge in [-0.25, -0.2) is 4.79 Å². The maximum Gasteiger partial charge on any atom is 0.321 e. The summed E-state index contributed by atoms with van der Waals surface area (Å²) in [4.78, 5) is 26.0. The van der Waals surface area contributed by atoms with Crippen LogP contribution in [0.3, 0.4) is 0 Å². The maximum absolute atomic E-state index is 12.2. The Labute approximate surface area is 148 Å². The number of ether oxygens (including phenoxy) is 1. The highest BCUT2D eigenvalue weighted by molar-refractivity contribution is 5.99. The van der Waals surface area contributed by atoms with Crippen LogP contribution in [0.25, 0.3) is 0 Å². The molecule has 1 unspecified atom stereocenters. The molecule has 1 aromatic rings. The lowest BCUT2D eigenvalue weighted by Gasteiger charge is -2.19. The second-order valence-electron chi connectivity index (χ2n) is 5.52. The lowest BCUT2D eigenvalue weighted by molar-refractivity contribution is -0.118. The SMILES string of the molecule is COC(CN)CC(=O)Nc1ccccc1NC(=O)N1CCCC1.Cl. The Hall–Kier alpha value is -1.83. The van der Waals surface area contributed by atoms with Gasteiger partial charge >= 0.3 is 6.03 Å². The summed E-state index contributed by atoms with van der Waals surface area (Å²) in [6, 6.07) is 6.99. The van der Waals surface area contributed by atoms with E-state index in [0.717, 1.165) is 25.9 Å². The number of hydrogen-bond acceptors (Lipinski definition) is 4. The van der Waals surface area contributed by atoms with Gasteiger partial charge < -0.3 is 26.0 Å². The van der Waals surface area contributed by atoms with E-state index in [4.69, 9.17) is 10.5 Å². The van der Waals surface area contributed by atoms with Crippen LogP contribution in [-0.4, -0.2) is 49.7 Å². The first-order chi connectivity index (χ1) is 11.1. The summed E-state index contributed by atoms with van der Waals surface area (Å²) in [6.07, 6.45) is 1.91. The molecule has 0 aliphatic carbocycles. The second kappa shape index (κ2) is 10.1. The first kappa shape index (κ1) is 20.2. The standard InChI is InChI=1S/C16H24N4O3.ClH/c1-23-12(11-17)10-15(21)18-13-6-2-3-7-14(13)19-16(22)20-8-4-5-9-20;/h2-3,6-7,12H,4-5,8-11,17H2,1H3,(H,18,21)(H,19,22);1H. The minimum Gasteiger partial charge on any atom is -0.380 e. The van der Waals surface area contributed by atoms with Gasteiger partial charge in [0.05, 0.1) is 23.9 Å². The van der Waals surface area contributed by atoms with E-state index in [9.17, 15) is 9.59 Å². The fraction of sp³-hybridized carbons (Fsp3) is 0.500. The lowest BCUT2D eigenvalue weighted by atomic mass is 10.2. The summed E-state index contributed by atoms with van der Waals surface area (Å²) < 4.78 is 5.11. The minimum absolute atomic E-state index is 0. The molecule has 3 amide bonds. The van der Waals surface area contributed by atoms with Crippen molar-refractivity contribution >= 4 is 35.7 Å². The number of benzene rings is 1. The Morgan fingerprint density at radius 3 is 2.33 bits per heavy atom. The van der Waals surface area contributed by atoms with Crippen molar-refractivity contribution in [3.8, 4) is 0 Å². The number of anilines is 2. The number of carbonyl (C=O) groups is 2. The van der Waals surface area contributed by atoms with Gasteiger partial charge in [0, 0.05) is 26.7 Å². The van der Waals surface area contributed by atoms with Gasteiger partial charge in [-0.05, 0) is 25.0 Å². The number of carbonyl (C=O) groups excluding carboxylic acids is 2. The number of rotatable bonds is 6. The summed E-state index contributed by atoms with van der Waals surface area (Å²) in [5.74, 6) is -0.204. The Balaban J connectivity index is 0.00000288. The smallest absolute Gasteiger partial charge is 0.321 e. The van der Waals surface area contributed by atoms with Gasteiger partial charge in [-0.2, -0.15) is 0 Å². The minimum atomic E-state index is -0.318. The van der Waals surface area contributed by atoms with Crippen LogP contribution in [0.15, 0.2) is 24.3 Å². The van der Waals surface area contributed by atoms with Gasteiger partial charge in [0.25, 0.3) is 0 Å². The van der Waals surface area contributed by atoms with E-state index in [1.54, 1.807) is 23.1 Å². The van der Waals surface area contributed by atoms with E-state index >= 15 is 0 Å². The molecular formula is C16H25ClN4O3. The van der Waals surface area contributed by atoms with Crippen molar-refractivity contribution in [3.05, 3.63) is 24.3 Å². The molecule has 0 spiro atoms. The molecule has 0 aromatic heterocycles. The molecule has 7 nitrogen and oxygen atoms in total. The monoisotopic (exact) mass is 356 g/mol. The van der Waals surface area contributed by atoms with Crippen molar-refractivity contribution in [1.29, 1.82) is 0 Å². The summed E-state index contributed by atoms with van der Waals surface area (Å²) in [6.45, 7) is 1.82. The van der Waals surface area contributed by atoms with Crippen LogP contribution < -0.4 is 16.4 Å². The van der Waals surface area contributed by atoms with Gasteiger partial charge in [0.15, 0.2) is 0 Å². The molecule has 2 rings (SSSR count). The largest absolute Gasteiger partial charge is 0.380 e. The van der Waals surface area contributed by atoms with Crippen LogP contribution in [0, 0.1) is 0 Å². The molecular weight excluding hydrogens is 332 g/mol. The molecule has 24 heavy (non-hydrogen) atoms. The second-order valence-corrected chi connectivity index (χ2v) is 5.52. The topological polar surface area (TPSA) is 96.7 Å². The molecule has 8 heteroatoms. The first-order valence-electron chi connectivity index (χ1n) is 7.81. The van der Waals surface area contributed by atoms with E-state index in [-0.39, 0.29) is 43.4 Å². The number of nitrogens with one attached hydrogen (secondary N) is 2. The Bertz CT molecular complexity index is 546. The van der Waals surface area contributed by atoms with Gasteiger partial charge in [0.2, 0.25) is 5.91 Å².